The van der Waals surface area contributed by atoms with Crippen molar-refractivity contribution in [1.29, 1.82) is 0 Å². The van der Waals surface area contributed by atoms with Crippen molar-refractivity contribution in [2.75, 3.05) is 38.2 Å². The van der Waals surface area contributed by atoms with Gasteiger partial charge in [-0.15, -0.1) is 5.10 Å². The van der Waals surface area contributed by atoms with Crippen LogP contribution in [0.5, 0.6) is 0 Å². The summed E-state index contributed by atoms with van der Waals surface area (Å²) in [5.74, 6) is -0.425. The molecule has 160 valence electrons. The first-order valence-electron chi connectivity index (χ1n) is 9.69. The van der Waals surface area contributed by atoms with Crippen LogP contribution < -0.4 is 5.32 Å². The molecule has 2 aliphatic rings. The Kier molecular flexibility index (Phi) is 6.14. The van der Waals surface area contributed by atoms with Crippen molar-refractivity contribution in [1.82, 2.24) is 19.5 Å². The van der Waals surface area contributed by atoms with Crippen LogP contribution in [-0.2, 0) is 4.74 Å². The van der Waals surface area contributed by atoms with Crippen LogP contribution in [0, 0.1) is 5.82 Å². The molecule has 2 aromatic heterocycles. The summed E-state index contributed by atoms with van der Waals surface area (Å²) in [7, 11) is 0. The van der Waals surface area contributed by atoms with Crippen LogP contribution in [0.3, 0.4) is 0 Å². The average molecular weight is 434 g/mol. The molecule has 0 aromatic carbocycles. The normalized spacial score (nSPS) is 24.5. The number of alkyl halides is 2. The molecule has 29 heavy (non-hydrogen) atoms. The number of ether oxygens (including phenoxy) is 1. The van der Waals surface area contributed by atoms with Crippen molar-refractivity contribution in [2.45, 2.75) is 43.8 Å². The summed E-state index contributed by atoms with van der Waals surface area (Å²) in [5, 5.41) is 17.5. The number of likely N-dealkylation sites (tertiary alicyclic amines) is 1. The Morgan fingerprint density at radius 1 is 1.31 bits per heavy atom. The summed E-state index contributed by atoms with van der Waals surface area (Å²) in [5.41, 5.74) is 0.701. The smallest absolute Gasteiger partial charge is 0.251 e. The van der Waals surface area contributed by atoms with Crippen molar-refractivity contribution < 1.29 is 23.0 Å². The highest BCUT2D eigenvalue weighted by atomic mass is 35.5. The summed E-state index contributed by atoms with van der Waals surface area (Å²) in [4.78, 5) is 5.86. The van der Waals surface area contributed by atoms with Crippen LogP contribution in [0.15, 0.2) is 6.20 Å². The molecule has 0 saturated carbocycles. The molecule has 2 saturated heterocycles. The molecule has 0 bridgehead atoms. The number of nitrogens with one attached hydrogen (secondary N) is 1. The topological polar surface area (TPSA) is 74.9 Å². The summed E-state index contributed by atoms with van der Waals surface area (Å²) in [6.45, 7) is 1.47. The number of anilines is 1. The van der Waals surface area contributed by atoms with Crippen molar-refractivity contribution >= 4 is 23.1 Å². The predicted molar refractivity (Wildman–Crippen MR) is 101 cm³/mol. The number of aromatic nitrogens is 3. The van der Waals surface area contributed by atoms with Crippen molar-refractivity contribution in [3.63, 3.8) is 0 Å². The fourth-order valence-corrected chi connectivity index (χ4v) is 4.39. The molecule has 4 heterocycles. The van der Waals surface area contributed by atoms with Gasteiger partial charge in [-0.05, 0) is 32.4 Å². The van der Waals surface area contributed by atoms with E-state index in [-0.39, 0.29) is 41.6 Å². The first-order valence-corrected chi connectivity index (χ1v) is 10.1. The Labute approximate surface area is 170 Å². The van der Waals surface area contributed by atoms with Crippen LogP contribution in [-0.4, -0.2) is 76.0 Å². The van der Waals surface area contributed by atoms with Gasteiger partial charge in [0.05, 0.1) is 37.2 Å². The Balaban J connectivity index is 1.58. The second kappa shape index (κ2) is 8.63. The lowest BCUT2D eigenvalue weighted by atomic mass is 9.93. The standard InChI is InChI=1S/C18H23ClF3N5O2/c19-15-16(22)12-7-23-18(24-11-3-6-29-9-13(11)28)25-27(12)17(15)10-1-4-26(5-2-10)8-14(20)21/h7,10-11,13-14,28H,1-6,8-9H2,(H,24,25)/t11-,13-/m1/s1. The Morgan fingerprint density at radius 3 is 2.76 bits per heavy atom. The van der Waals surface area contributed by atoms with Gasteiger partial charge in [-0.2, -0.15) is 0 Å². The van der Waals surface area contributed by atoms with Crippen LogP contribution in [0.25, 0.3) is 5.52 Å². The molecule has 0 radical (unpaired) electrons. The lowest BCUT2D eigenvalue weighted by Gasteiger charge is -2.31. The second-order valence-electron chi connectivity index (χ2n) is 7.54. The number of rotatable bonds is 5. The van der Waals surface area contributed by atoms with Gasteiger partial charge in [0.15, 0.2) is 5.82 Å². The fourth-order valence-electron chi connectivity index (χ4n) is 4.06. The number of hydrogen-bond donors (Lipinski definition) is 2. The summed E-state index contributed by atoms with van der Waals surface area (Å²) in [6, 6.07) is -0.266. The third-order valence-corrected chi connectivity index (χ3v) is 5.97. The molecule has 7 nitrogen and oxygen atoms in total. The van der Waals surface area contributed by atoms with Crippen LogP contribution in [0.1, 0.15) is 30.9 Å². The molecule has 2 aliphatic heterocycles. The fraction of sp³-hybridized carbons (Fsp3) is 0.667. The van der Waals surface area contributed by atoms with E-state index in [1.165, 1.54) is 10.7 Å². The number of piperidine rings is 1. The van der Waals surface area contributed by atoms with Gasteiger partial charge in [-0.1, -0.05) is 11.6 Å². The lowest BCUT2D eigenvalue weighted by molar-refractivity contribution is -0.0136. The Morgan fingerprint density at radius 2 is 2.07 bits per heavy atom. The molecule has 0 unspecified atom stereocenters. The molecule has 11 heteroatoms. The average Bonchev–Trinajstić information content (AvgIpc) is 2.94. The van der Waals surface area contributed by atoms with E-state index in [1.54, 1.807) is 4.90 Å². The van der Waals surface area contributed by atoms with E-state index in [9.17, 15) is 18.3 Å². The highest BCUT2D eigenvalue weighted by Gasteiger charge is 2.30. The predicted octanol–water partition coefficient (Wildman–Crippen LogP) is 2.53. The summed E-state index contributed by atoms with van der Waals surface area (Å²) in [6.07, 6.45) is 0.0684. The van der Waals surface area contributed by atoms with Gasteiger partial charge in [0.2, 0.25) is 5.95 Å². The van der Waals surface area contributed by atoms with Crippen molar-refractivity contribution in [3.05, 3.63) is 22.7 Å². The van der Waals surface area contributed by atoms with Crippen molar-refractivity contribution in [3.8, 4) is 0 Å². The van der Waals surface area contributed by atoms with Crippen LogP contribution in [0.4, 0.5) is 19.1 Å². The van der Waals surface area contributed by atoms with Crippen LogP contribution in [0.2, 0.25) is 5.02 Å². The maximum atomic E-state index is 14.7. The van der Waals surface area contributed by atoms with E-state index in [1.807, 2.05) is 0 Å². The highest BCUT2D eigenvalue weighted by Crippen LogP contribution is 2.37. The van der Waals surface area contributed by atoms with Crippen molar-refractivity contribution in [2.24, 2.45) is 0 Å². The lowest BCUT2D eigenvalue weighted by Crippen LogP contribution is -2.42. The molecule has 2 N–H and O–H groups in total. The van der Waals surface area contributed by atoms with Gasteiger partial charge in [-0.3, -0.25) is 4.90 Å². The molecule has 2 aromatic rings. The highest BCUT2D eigenvalue weighted by molar-refractivity contribution is 6.32. The molecule has 4 rings (SSSR count). The number of hydrogen-bond acceptors (Lipinski definition) is 6. The van der Waals surface area contributed by atoms with Gasteiger partial charge < -0.3 is 15.2 Å². The SMILES string of the molecule is O[C@@H]1COCC[C@H]1Nc1ncc2c(F)c(Cl)c(C3CCN(CC(F)F)CC3)n2n1. The van der Waals surface area contributed by atoms with Gasteiger partial charge >= 0.3 is 0 Å². The van der Waals surface area contributed by atoms with E-state index < -0.39 is 18.3 Å². The van der Waals surface area contributed by atoms with Crippen LogP contribution >= 0.6 is 11.6 Å². The molecule has 0 spiro atoms. The first-order chi connectivity index (χ1) is 13.9. The second-order valence-corrected chi connectivity index (χ2v) is 7.92. The third kappa shape index (κ3) is 4.30. The molecule has 2 fully saturated rings. The molecule has 0 aliphatic carbocycles. The van der Waals surface area contributed by atoms with E-state index in [0.29, 0.717) is 44.7 Å². The summed E-state index contributed by atoms with van der Waals surface area (Å²) >= 11 is 6.28. The number of nitrogens with zero attached hydrogens (tertiary/aromatic N) is 4. The number of aliphatic hydroxyl groups is 1. The third-order valence-electron chi connectivity index (χ3n) is 5.61. The zero-order valence-electron chi connectivity index (χ0n) is 15.7. The van der Waals surface area contributed by atoms with E-state index >= 15 is 0 Å². The minimum Gasteiger partial charge on any atom is -0.389 e. The van der Waals surface area contributed by atoms with E-state index in [4.69, 9.17) is 16.3 Å². The molecule has 2 atom stereocenters. The van der Waals surface area contributed by atoms with Gasteiger partial charge in [0, 0.05) is 12.5 Å². The van der Waals surface area contributed by atoms with E-state index in [0.717, 1.165) is 0 Å². The zero-order valence-corrected chi connectivity index (χ0v) is 16.5. The van der Waals surface area contributed by atoms with Gasteiger partial charge in [0.1, 0.15) is 10.5 Å². The largest absolute Gasteiger partial charge is 0.389 e. The maximum Gasteiger partial charge on any atom is 0.251 e. The Bertz CT molecular complexity index is 860. The first kappa shape index (κ1) is 20.6. The Hall–Kier alpha value is -1.62. The van der Waals surface area contributed by atoms with Gasteiger partial charge in [-0.25, -0.2) is 22.7 Å². The molecular formula is C18H23ClF3N5O2. The minimum absolute atomic E-state index is 0.00476. The monoisotopic (exact) mass is 433 g/mol. The van der Waals surface area contributed by atoms with Gasteiger partial charge in [0.25, 0.3) is 6.43 Å². The number of aliphatic hydroxyl groups excluding tert-OH is 1. The number of halogens is 4. The number of fused-ring (bicyclic) bond motifs is 1. The van der Waals surface area contributed by atoms with E-state index in [2.05, 4.69) is 15.4 Å². The molecule has 0 amide bonds. The zero-order chi connectivity index (χ0) is 20.5. The quantitative estimate of drug-likeness (QED) is 0.754. The summed E-state index contributed by atoms with van der Waals surface area (Å²) < 4.78 is 46.5. The minimum atomic E-state index is -2.37. The molecular weight excluding hydrogens is 411 g/mol. The maximum absolute atomic E-state index is 14.7.